The molecule has 0 fully saturated rings. The zero-order valence-electron chi connectivity index (χ0n) is 11.5. The van der Waals surface area contributed by atoms with Crippen molar-refractivity contribution in [2.45, 2.75) is 19.3 Å². The lowest BCUT2D eigenvalue weighted by Gasteiger charge is -2.17. The second-order valence-corrected chi connectivity index (χ2v) is 6.36. The van der Waals surface area contributed by atoms with Crippen LogP contribution in [0.5, 0.6) is 5.75 Å². The summed E-state index contributed by atoms with van der Waals surface area (Å²) in [5.41, 5.74) is 2.75. The maximum Gasteiger partial charge on any atom is 0.119 e. The highest BCUT2D eigenvalue weighted by Crippen LogP contribution is 2.25. The Bertz CT molecular complexity index is 537. The summed E-state index contributed by atoms with van der Waals surface area (Å²) in [6.07, 6.45) is 1.01. The molecule has 2 aromatic carbocycles. The van der Waals surface area contributed by atoms with Crippen LogP contribution in [-0.2, 0) is 0 Å². The molecular formula is C17H18Br2O. The van der Waals surface area contributed by atoms with Gasteiger partial charge in [0, 0.05) is 9.80 Å². The van der Waals surface area contributed by atoms with E-state index in [0.717, 1.165) is 28.6 Å². The van der Waals surface area contributed by atoms with Gasteiger partial charge in [0.05, 0.1) is 6.61 Å². The first kappa shape index (κ1) is 15.6. The number of alkyl halides is 1. The summed E-state index contributed by atoms with van der Waals surface area (Å²) in [5, 5.41) is 0.960. The molecule has 20 heavy (non-hydrogen) atoms. The van der Waals surface area contributed by atoms with Crippen molar-refractivity contribution in [2.24, 2.45) is 0 Å². The van der Waals surface area contributed by atoms with E-state index in [-0.39, 0.29) is 0 Å². The zero-order valence-corrected chi connectivity index (χ0v) is 14.7. The molecular weight excluding hydrogens is 380 g/mol. The van der Waals surface area contributed by atoms with Crippen LogP contribution >= 0.6 is 31.9 Å². The van der Waals surface area contributed by atoms with Gasteiger partial charge in [-0.05, 0) is 54.7 Å². The summed E-state index contributed by atoms with van der Waals surface area (Å²) in [4.78, 5) is 0. The van der Waals surface area contributed by atoms with E-state index in [4.69, 9.17) is 4.74 Å². The average Bonchev–Trinajstić information content (AvgIpc) is 2.47. The zero-order chi connectivity index (χ0) is 14.4. The summed E-state index contributed by atoms with van der Waals surface area (Å²) in [5.74, 6) is 1.41. The predicted molar refractivity (Wildman–Crippen MR) is 92.0 cm³/mol. The standard InChI is InChI=1S/C17H18Br2O/c1-13-4-2-3-5-17(13)14(12-18)10-11-20-16-8-6-15(19)7-9-16/h2-9,14H,10-12H2,1H3. The van der Waals surface area contributed by atoms with Gasteiger partial charge in [0.1, 0.15) is 5.75 Å². The minimum Gasteiger partial charge on any atom is -0.494 e. The van der Waals surface area contributed by atoms with E-state index in [1.807, 2.05) is 24.3 Å². The minimum absolute atomic E-state index is 0.492. The number of benzene rings is 2. The number of rotatable bonds is 6. The Hall–Kier alpha value is -0.800. The second-order valence-electron chi connectivity index (χ2n) is 4.80. The highest BCUT2D eigenvalue weighted by Gasteiger charge is 2.12. The maximum atomic E-state index is 5.81. The van der Waals surface area contributed by atoms with Gasteiger partial charge < -0.3 is 4.74 Å². The largest absolute Gasteiger partial charge is 0.494 e. The van der Waals surface area contributed by atoms with E-state index in [0.29, 0.717) is 5.92 Å². The van der Waals surface area contributed by atoms with Gasteiger partial charge in [0.2, 0.25) is 0 Å². The van der Waals surface area contributed by atoms with E-state index >= 15 is 0 Å². The fourth-order valence-corrected chi connectivity index (χ4v) is 3.15. The third kappa shape index (κ3) is 4.35. The monoisotopic (exact) mass is 396 g/mol. The van der Waals surface area contributed by atoms with Gasteiger partial charge in [0.25, 0.3) is 0 Å². The molecule has 2 aromatic rings. The molecule has 0 heterocycles. The van der Waals surface area contributed by atoms with E-state index in [1.165, 1.54) is 11.1 Å². The molecule has 0 aliphatic rings. The second kappa shape index (κ2) is 7.84. The van der Waals surface area contributed by atoms with Crippen LogP contribution in [0.15, 0.2) is 53.0 Å². The summed E-state index contributed by atoms with van der Waals surface area (Å²) in [6.45, 7) is 2.90. The van der Waals surface area contributed by atoms with Crippen LogP contribution in [-0.4, -0.2) is 11.9 Å². The number of ether oxygens (including phenoxy) is 1. The lowest BCUT2D eigenvalue weighted by Crippen LogP contribution is -2.08. The summed E-state index contributed by atoms with van der Waals surface area (Å²) >= 11 is 7.05. The first-order valence-electron chi connectivity index (χ1n) is 6.70. The quantitative estimate of drug-likeness (QED) is 0.567. The third-order valence-corrected chi connectivity index (χ3v) is 4.67. The molecule has 0 saturated carbocycles. The van der Waals surface area contributed by atoms with Crippen molar-refractivity contribution in [1.29, 1.82) is 0 Å². The van der Waals surface area contributed by atoms with Crippen LogP contribution in [0.1, 0.15) is 23.5 Å². The molecule has 1 unspecified atom stereocenters. The molecule has 0 aliphatic heterocycles. The molecule has 0 aliphatic carbocycles. The Labute approximate surface area is 137 Å². The van der Waals surface area contributed by atoms with Crippen LogP contribution in [0, 0.1) is 6.92 Å². The molecule has 1 atom stereocenters. The number of halogens is 2. The Morgan fingerprint density at radius 1 is 1.05 bits per heavy atom. The highest BCUT2D eigenvalue weighted by molar-refractivity contribution is 9.10. The molecule has 0 saturated heterocycles. The fourth-order valence-electron chi connectivity index (χ4n) is 2.21. The molecule has 0 aromatic heterocycles. The molecule has 1 nitrogen and oxygen atoms in total. The van der Waals surface area contributed by atoms with Crippen molar-refractivity contribution >= 4 is 31.9 Å². The Morgan fingerprint density at radius 3 is 2.40 bits per heavy atom. The topological polar surface area (TPSA) is 9.23 Å². The summed E-state index contributed by atoms with van der Waals surface area (Å²) in [7, 11) is 0. The van der Waals surface area contributed by atoms with Crippen molar-refractivity contribution in [3.05, 3.63) is 64.1 Å². The van der Waals surface area contributed by atoms with Gasteiger partial charge in [-0.15, -0.1) is 0 Å². The van der Waals surface area contributed by atoms with Crippen LogP contribution < -0.4 is 4.74 Å². The predicted octanol–water partition coefficient (Wildman–Crippen LogP) is 5.71. The van der Waals surface area contributed by atoms with Crippen molar-refractivity contribution < 1.29 is 4.74 Å². The first-order chi connectivity index (χ1) is 9.70. The van der Waals surface area contributed by atoms with Gasteiger partial charge in [0.15, 0.2) is 0 Å². The average molecular weight is 398 g/mol. The summed E-state index contributed by atoms with van der Waals surface area (Å²) < 4.78 is 6.89. The molecule has 106 valence electrons. The fraction of sp³-hybridized carbons (Fsp3) is 0.294. The van der Waals surface area contributed by atoms with Crippen LogP contribution in [0.4, 0.5) is 0 Å². The molecule has 0 spiro atoms. The lowest BCUT2D eigenvalue weighted by atomic mass is 9.94. The first-order valence-corrected chi connectivity index (χ1v) is 8.62. The normalized spacial score (nSPS) is 12.2. The SMILES string of the molecule is Cc1ccccc1C(CBr)CCOc1ccc(Br)cc1. The maximum absolute atomic E-state index is 5.81. The highest BCUT2D eigenvalue weighted by atomic mass is 79.9. The van der Waals surface area contributed by atoms with Crippen LogP contribution in [0.3, 0.4) is 0 Å². The molecule has 0 N–H and O–H groups in total. The molecule has 0 amide bonds. The minimum atomic E-state index is 0.492. The van der Waals surface area contributed by atoms with Crippen LogP contribution in [0.25, 0.3) is 0 Å². The molecule has 2 rings (SSSR count). The van der Waals surface area contributed by atoms with E-state index in [2.05, 4.69) is 63.0 Å². The van der Waals surface area contributed by atoms with Crippen LogP contribution in [0.2, 0.25) is 0 Å². The van der Waals surface area contributed by atoms with E-state index in [1.54, 1.807) is 0 Å². The smallest absolute Gasteiger partial charge is 0.119 e. The number of aryl methyl sites for hydroxylation is 1. The summed E-state index contributed by atoms with van der Waals surface area (Å²) in [6, 6.07) is 16.5. The Morgan fingerprint density at radius 2 is 1.75 bits per heavy atom. The van der Waals surface area contributed by atoms with Gasteiger partial charge in [-0.1, -0.05) is 56.1 Å². The lowest BCUT2D eigenvalue weighted by molar-refractivity contribution is 0.301. The van der Waals surface area contributed by atoms with Gasteiger partial charge in [-0.25, -0.2) is 0 Å². The molecule has 3 heteroatoms. The third-order valence-electron chi connectivity index (χ3n) is 3.36. The van der Waals surface area contributed by atoms with Crippen molar-refractivity contribution in [2.75, 3.05) is 11.9 Å². The number of hydrogen-bond acceptors (Lipinski definition) is 1. The van der Waals surface area contributed by atoms with Gasteiger partial charge in [-0.2, -0.15) is 0 Å². The van der Waals surface area contributed by atoms with Crippen molar-refractivity contribution in [3.63, 3.8) is 0 Å². The Kier molecular flexibility index (Phi) is 6.11. The number of hydrogen-bond donors (Lipinski definition) is 0. The molecule has 0 bridgehead atoms. The Balaban J connectivity index is 1.91. The van der Waals surface area contributed by atoms with Crippen molar-refractivity contribution in [3.8, 4) is 5.75 Å². The van der Waals surface area contributed by atoms with E-state index in [9.17, 15) is 0 Å². The van der Waals surface area contributed by atoms with E-state index < -0.39 is 0 Å². The van der Waals surface area contributed by atoms with Gasteiger partial charge >= 0.3 is 0 Å². The van der Waals surface area contributed by atoms with Gasteiger partial charge in [-0.3, -0.25) is 0 Å². The molecule has 0 radical (unpaired) electrons. The van der Waals surface area contributed by atoms with Crippen molar-refractivity contribution in [1.82, 2.24) is 0 Å².